The number of amides is 2. The van der Waals surface area contributed by atoms with Crippen molar-refractivity contribution >= 4 is 18.0 Å². The summed E-state index contributed by atoms with van der Waals surface area (Å²) in [6, 6.07) is 5.60. The lowest BCUT2D eigenvalue weighted by Gasteiger charge is -2.39. The predicted molar refractivity (Wildman–Crippen MR) is 108 cm³/mol. The average Bonchev–Trinajstić information content (AvgIpc) is 3.25. The number of nitrogens with zero attached hydrogens (tertiary/aromatic N) is 4. The number of piperidine rings is 1. The Hall–Kier alpha value is -2.41. The van der Waals surface area contributed by atoms with E-state index >= 15 is 0 Å². The van der Waals surface area contributed by atoms with Crippen LogP contribution in [0.15, 0.2) is 23.3 Å². The highest BCUT2D eigenvalue weighted by atomic mass is 16.2. The van der Waals surface area contributed by atoms with E-state index in [-0.39, 0.29) is 18.0 Å². The summed E-state index contributed by atoms with van der Waals surface area (Å²) in [7, 11) is 0. The first-order chi connectivity index (χ1) is 13.5. The summed E-state index contributed by atoms with van der Waals surface area (Å²) in [6.07, 6.45) is 3.98. The molecule has 7 heteroatoms. The maximum atomic E-state index is 13.1. The number of benzene rings is 1. The first-order valence-electron chi connectivity index (χ1n) is 10.3. The van der Waals surface area contributed by atoms with Gasteiger partial charge < -0.3 is 15.5 Å². The topological polar surface area (TPSA) is 82.2 Å². The standard InChI is InChI=1S/C21H29N5O2/c1-3-25-13-15(11-23-25)12-24-9-7-16(8-10-24)26-14(2)17-5-4-6-18(20(22)27)19(17)21(26)28/h4-6,11,14-16H,3,7-10,12-13H2,1-2H3,(H2,22,27). The van der Waals surface area contributed by atoms with E-state index < -0.39 is 5.91 Å². The molecular weight excluding hydrogens is 354 g/mol. The van der Waals surface area contributed by atoms with Crippen molar-refractivity contribution in [2.45, 2.75) is 38.8 Å². The van der Waals surface area contributed by atoms with Gasteiger partial charge in [-0.25, -0.2) is 0 Å². The van der Waals surface area contributed by atoms with Gasteiger partial charge in [-0.3, -0.25) is 14.6 Å². The van der Waals surface area contributed by atoms with Crippen LogP contribution in [0.3, 0.4) is 0 Å². The van der Waals surface area contributed by atoms with E-state index in [1.54, 1.807) is 6.07 Å². The molecule has 2 amide bonds. The van der Waals surface area contributed by atoms with E-state index in [1.165, 1.54) is 0 Å². The van der Waals surface area contributed by atoms with Crippen molar-refractivity contribution in [3.05, 3.63) is 34.9 Å². The molecule has 0 radical (unpaired) electrons. The van der Waals surface area contributed by atoms with E-state index in [9.17, 15) is 9.59 Å². The van der Waals surface area contributed by atoms with Crippen molar-refractivity contribution < 1.29 is 9.59 Å². The van der Waals surface area contributed by atoms with E-state index in [0.29, 0.717) is 17.0 Å². The summed E-state index contributed by atoms with van der Waals surface area (Å²) in [5, 5.41) is 6.54. The van der Waals surface area contributed by atoms with Crippen LogP contribution in [0.4, 0.5) is 0 Å². The fraction of sp³-hybridized carbons (Fsp3) is 0.571. The van der Waals surface area contributed by atoms with Crippen LogP contribution in [0.25, 0.3) is 0 Å². The van der Waals surface area contributed by atoms with E-state index in [1.807, 2.05) is 17.0 Å². The number of hydrogen-bond acceptors (Lipinski definition) is 5. The SMILES string of the molecule is CCN1CC(CN2CCC(N3C(=O)c4c(C(N)=O)cccc4C3C)CC2)C=N1. The lowest BCUT2D eigenvalue weighted by molar-refractivity contribution is 0.0509. The monoisotopic (exact) mass is 383 g/mol. The van der Waals surface area contributed by atoms with E-state index in [0.717, 1.165) is 51.1 Å². The summed E-state index contributed by atoms with van der Waals surface area (Å²) in [4.78, 5) is 29.4. The Labute approximate surface area is 166 Å². The Balaban J connectivity index is 1.40. The number of carbonyl (C=O) groups is 2. The van der Waals surface area contributed by atoms with Crippen molar-refractivity contribution in [2.75, 3.05) is 32.7 Å². The molecule has 1 aromatic carbocycles. The third kappa shape index (κ3) is 3.28. The van der Waals surface area contributed by atoms with Crippen LogP contribution in [0.2, 0.25) is 0 Å². The van der Waals surface area contributed by atoms with Gasteiger partial charge in [-0.2, -0.15) is 5.10 Å². The summed E-state index contributed by atoms with van der Waals surface area (Å²) in [6.45, 7) is 9.13. The normalized spacial score (nSPS) is 25.6. The lowest BCUT2D eigenvalue weighted by atomic mass is 9.99. The largest absolute Gasteiger partial charge is 0.366 e. The first-order valence-corrected chi connectivity index (χ1v) is 10.3. The molecule has 0 aromatic heterocycles. The van der Waals surface area contributed by atoms with Gasteiger partial charge in [-0.1, -0.05) is 12.1 Å². The van der Waals surface area contributed by atoms with Crippen LogP contribution in [-0.2, 0) is 0 Å². The zero-order valence-electron chi connectivity index (χ0n) is 16.7. The van der Waals surface area contributed by atoms with E-state index in [2.05, 4.69) is 35.1 Å². The number of fused-ring (bicyclic) bond motifs is 1. The Kier molecular flexibility index (Phi) is 5.10. The number of primary amides is 1. The van der Waals surface area contributed by atoms with Crippen molar-refractivity contribution in [3.63, 3.8) is 0 Å². The Morgan fingerprint density at radius 2 is 2.04 bits per heavy atom. The first kappa shape index (κ1) is 18.9. The third-order valence-electron chi connectivity index (χ3n) is 6.37. The zero-order valence-corrected chi connectivity index (χ0v) is 16.7. The molecule has 0 spiro atoms. The molecule has 0 saturated carbocycles. The summed E-state index contributed by atoms with van der Waals surface area (Å²) in [5.41, 5.74) is 7.27. The second kappa shape index (κ2) is 7.54. The number of rotatable bonds is 5. The molecule has 2 unspecified atom stereocenters. The third-order valence-corrected chi connectivity index (χ3v) is 6.37. The molecule has 3 heterocycles. The number of hydrogen-bond donors (Lipinski definition) is 1. The van der Waals surface area contributed by atoms with Crippen molar-refractivity contribution in [1.82, 2.24) is 14.8 Å². The molecule has 7 nitrogen and oxygen atoms in total. The highest BCUT2D eigenvalue weighted by molar-refractivity contribution is 6.09. The fourth-order valence-corrected chi connectivity index (χ4v) is 4.88. The Morgan fingerprint density at radius 1 is 1.29 bits per heavy atom. The van der Waals surface area contributed by atoms with E-state index in [4.69, 9.17) is 5.73 Å². The quantitative estimate of drug-likeness (QED) is 0.839. The smallest absolute Gasteiger partial charge is 0.255 e. The maximum Gasteiger partial charge on any atom is 0.255 e. The molecule has 1 fully saturated rings. The molecule has 3 aliphatic rings. The number of nitrogens with two attached hydrogens (primary N) is 1. The molecule has 1 saturated heterocycles. The second-order valence-corrected chi connectivity index (χ2v) is 8.08. The second-order valence-electron chi connectivity index (χ2n) is 8.08. The molecule has 0 bridgehead atoms. The van der Waals surface area contributed by atoms with Crippen LogP contribution in [0.1, 0.15) is 59.0 Å². The summed E-state index contributed by atoms with van der Waals surface area (Å²) >= 11 is 0. The lowest BCUT2D eigenvalue weighted by Crippen LogP contribution is -2.47. The number of carbonyl (C=O) groups excluding carboxylic acids is 2. The minimum atomic E-state index is -0.534. The van der Waals surface area contributed by atoms with Crippen molar-refractivity contribution in [3.8, 4) is 0 Å². The van der Waals surface area contributed by atoms with Crippen molar-refractivity contribution in [2.24, 2.45) is 16.8 Å². The zero-order chi connectivity index (χ0) is 19.8. The molecular formula is C21H29N5O2. The van der Waals surface area contributed by atoms with Crippen LogP contribution in [-0.4, -0.2) is 71.6 Å². The van der Waals surface area contributed by atoms with Crippen LogP contribution in [0, 0.1) is 5.92 Å². The minimum Gasteiger partial charge on any atom is -0.366 e. The van der Waals surface area contributed by atoms with Gasteiger partial charge in [0.05, 0.1) is 17.2 Å². The Bertz CT molecular complexity index is 800. The van der Waals surface area contributed by atoms with Gasteiger partial charge in [0.25, 0.3) is 5.91 Å². The molecule has 2 N–H and O–H groups in total. The highest BCUT2D eigenvalue weighted by Gasteiger charge is 2.41. The van der Waals surface area contributed by atoms with Crippen molar-refractivity contribution in [1.29, 1.82) is 0 Å². The molecule has 3 aliphatic heterocycles. The average molecular weight is 383 g/mol. The molecule has 28 heavy (non-hydrogen) atoms. The summed E-state index contributed by atoms with van der Waals surface area (Å²) in [5.74, 6) is -0.0866. The van der Waals surface area contributed by atoms with Crippen LogP contribution >= 0.6 is 0 Å². The van der Waals surface area contributed by atoms with Crippen LogP contribution < -0.4 is 5.73 Å². The number of likely N-dealkylation sites (tertiary alicyclic amines) is 1. The molecule has 1 aromatic rings. The maximum absolute atomic E-state index is 13.1. The number of hydrazone groups is 1. The summed E-state index contributed by atoms with van der Waals surface area (Å²) < 4.78 is 0. The van der Waals surface area contributed by atoms with Gasteiger partial charge in [0.15, 0.2) is 0 Å². The molecule has 2 atom stereocenters. The molecule has 4 rings (SSSR count). The highest BCUT2D eigenvalue weighted by Crippen LogP contribution is 2.38. The fourth-order valence-electron chi connectivity index (χ4n) is 4.88. The Morgan fingerprint density at radius 3 is 2.68 bits per heavy atom. The van der Waals surface area contributed by atoms with Gasteiger partial charge in [0, 0.05) is 50.9 Å². The van der Waals surface area contributed by atoms with Gasteiger partial charge in [0.1, 0.15) is 0 Å². The minimum absolute atomic E-state index is 0.0153. The van der Waals surface area contributed by atoms with Gasteiger partial charge in [-0.05, 0) is 38.3 Å². The van der Waals surface area contributed by atoms with Gasteiger partial charge >= 0.3 is 0 Å². The predicted octanol–water partition coefficient (Wildman–Crippen LogP) is 1.70. The van der Waals surface area contributed by atoms with Gasteiger partial charge in [-0.15, -0.1) is 0 Å². The van der Waals surface area contributed by atoms with Gasteiger partial charge in [0.2, 0.25) is 5.91 Å². The van der Waals surface area contributed by atoms with Crippen LogP contribution in [0.5, 0.6) is 0 Å². The molecule has 0 aliphatic carbocycles. The molecule has 150 valence electrons.